The van der Waals surface area contributed by atoms with Gasteiger partial charge in [0.2, 0.25) is 0 Å². The van der Waals surface area contributed by atoms with Crippen LogP contribution in [0.25, 0.3) is 0 Å². The summed E-state index contributed by atoms with van der Waals surface area (Å²) in [7, 11) is 0. The molecule has 1 amide bonds. The average molecular weight is 360 g/mol. The molecule has 17 heavy (non-hydrogen) atoms. The molecule has 1 aromatic carbocycles. The van der Waals surface area contributed by atoms with Crippen molar-refractivity contribution in [3.8, 4) is 0 Å². The van der Waals surface area contributed by atoms with Crippen LogP contribution in [0, 0.1) is 0 Å². The first-order chi connectivity index (χ1) is 8.06. The minimum absolute atomic E-state index is 0.221. The van der Waals surface area contributed by atoms with Crippen molar-refractivity contribution < 1.29 is 9.21 Å². The quantitative estimate of drug-likeness (QED) is 0.804. The number of hydrogen-bond acceptors (Lipinski definition) is 3. The van der Waals surface area contributed by atoms with Crippen molar-refractivity contribution in [2.45, 2.75) is 0 Å². The first kappa shape index (κ1) is 12.2. The fraction of sp³-hybridized carbons (Fsp3) is 0. The van der Waals surface area contributed by atoms with Crippen LogP contribution in [0.2, 0.25) is 0 Å². The number of carbonyl (C=O) groups excluding carboxylic acids is 1. The van der Waals surface area contributed by atoms with E-state index in [0.717, 1.165) is 4.47 Å². The summed E-state index contributed by atoms with van der Waals surface area (Å²) < 4.78 is 6.50. The van der Waals surface area contributed by atoms with Gasteiger partial charge in [0, 0.05) is 4.47 Å². The predicted molar refractivity (Wildman–Crippen MR) is 72.9 cm³/mol. The van der Waals surface area contributed by atoms with Crippen molar-refractivity contribution in [3.63, 3.8) is 0 Å². The lowest BCUT2D eigenvalue weighted by Crippen LogP contribution is -2.12. The third kappa shape index (κ3) is 2.89. The molecular formula is C11H8Br2N2O2. The molecular weight excluding hydrogens is 352 g/mol. The molecule has 0 saturated carbocycles. The Morgan fingerprint density at radius 2 is 2.00 bits per heavy atom. The molecule has 0 radical (unpaired) electrons. The van der Waals surface area contributed by atoms with Gasteiger partial charge in [-0.25, -0.2) is 0 Å². The number of nitrogens with one attached hydrogen (secondary N) is 1. The van der Waals surface area contributed by atoms with Crippen LogP contribution < -0.4 is 11.1 Å². The number of carbonyl (C=O) groups is 1. The first-order valence-electron chi connectivity index (χ1n) is 4.68. The van der Waals surface area contributed by atoms with Crippen molar-refractivity contribution in [1.29, 1.82) is 0 Å². The molecule has 0 unspecified atom stereocenters. The van der Waals surface area contributed by atoms with Gasteiger partial charge in [0.05, 0.1) is 11.4 Å². The number of anilines is 2. The molecule has 0 aliphatic rings. The van der Waals surface area contributed by atoms with Crippen molar-refractivity contribution >= 4 is 49.1 Å². The predicted octanol–water partition coefficient (Wildman–Crippen LogP) is 3.64. The Balaban J connectivity index is 2.18. The van der Waals surface area contributed by atoms with Crippen molar-refractivity contribution in [1.82, 2.24) is 0 Å². The third-order valence-corrected chi connectivity index (χ3v) is 2.98. The molecule has 0 bridgehead atoms. The molecule has 2 aromatic rings. The van der Waals surface area contributed by atoms with Crippen LogP contribution in [0.5, 0.6) is 0 Å². The van der Waals surface area contributed by atoms with Gasteiger partial charge in [-0.2, -0.15) is 0 Å². The summed E-state index contributed by atoms with van der Waals surface area (Å²) in [5.41, 5.74) is 6.80. The number of amides is 1. The van der Waals surface area contributed by atoms with Crippen LogP contribution >= 0.6 is 31.9 Å². The Morgan fingerprint density at radius 1 is 1.24 bits per heavy atom. The van der Waals surface area contributed by atoms with E-state index in [1.165, 1.54) is 0 Å². The van der Waals surface area contributed by atoms with Gasteiger partial charge in [0.1, 0.15) is 0 Å². The largest absolute Gasteiger partial charge is 0.444 e. The normalized spacial score (nSPS) is 10.2. The fourth-order valence-electron chi connectivity index (χ4n) is 1.27. The van der Waals surface area contributed by atoms with E-state index < -0.39 is 0 Å². The Bertz CT molecular complexity index is 566. The van der Waals surface area contributed by atoms with Gasteiger partial charge in [-0.05, 0) is 46.3 Å². The number of rotatable bonds is 2. The highest BCUT2D eigenvalue weighted by molar-refractivity contribution is 9.10. The lowest BCUT2D eigenvalue weighted by molar-refractivity contribution is 0.0995. The van der Waals surface area contributed by atoms with Gasteiger partial charge in [-0.1, -0.05) is 15.9 Å². The Labute approximate surface area is 114 Å². The second-order valence-corrected chi connectivity index (χ2v) is 4.99. The lowest BCUT2D eigenvalue weighted by Gasteiger charge is -2.06. The standard InChI is InChI=1S/C11H8Br2N2O2/c12-6-1-2-8(7(14)5-6)15-11(16)9-3-4-10(13)17-9/h1-5H,14H2,(H,15,16). The number of furan rings is 1. The van der Waals surface area contributed by atoms with Crippen molar-refractivity contribution in [2.75, 3.05) is 11.1 Å². The van der Waals surface area contributed by atoms with Crippen molar-refractivity contribution in [2.24, 2.45) is 0 Å². The van der Waals surface area contributed by atoms with Gasteiger partial charge in [-0.15, -0.1) is 0 Å². The van der Waals surface area contributed by atoms with Crippen LogP contribution in [0.15, 0.2) is 43.9 Å². The average Bonchev–Trinajstić information content (AvgIpc) is 2.69. The zero-order chi connectivity index (χ0) is 12.4. The highest BCUT2D eigenvalue weighted by Gasteiger charge is 2.11. The SMILES string of the molecule is Nc1cc(Br)ccc1NC(=O)c1ccc(Br)o1. The van der Waals surface area contributed by atoms with Gasteiger partial charge in [-0.3, -0.25) is 4.79 Å². The lowest BCUT2D eigenvalue weighted by atomic mass is 10.2. The third-order valence-electron chi connectivity index (χ3n) is 2.06. The molecule has 0 atom stereocenters. The highest BCUT2D eigenvalue weighted by atomic mass is 79.9. The fourth-order valence-corrected chi connectivity index (χ4v) is 1.95. The van der Waals surface area contributed by atoms with Gasteiger partial charge < -0.3 is 15.5 Å². The van der Waals surface area contributed by atoms with Gasteiger partial charge in [0.15, 0.2) is 10.4 Å². The smallest absolute Gasteiger partial charge is 0.291 e. The molecule has 1 heterocycles. The molecule has 0 aliphatic carbocycles. The van der Waals surface area contributed by atoms with E-state index in [1.807, 2.05) is 0 Å². The van der Waals surface area contributed by atoms with E-state index in [2.05, 4.69) is 37.2 Å². The number of nitrogen functional groups attached to an aromatic ring is 1. The van der Waals surface area contributed by atoms with E-state index in [-0.39, 0.29) is 11.7 Å². The van der Waals surface area contributed by atoms with Crippen LogP contribution in [-0.2, 0) is 0 Å². The molecule has 0 aliphatic heterocycles. The molecule has 3 N–H and O–H groups in total. The number of hydrogen-bond donors (Lipinski definition) is 2. The van der Waals surface area contributed by atoms with Crippen LogP contribution in [0.3, 0.4) is 0 Å². The molecule has 4 nitrogen and oxygen atoms in total. The molecule has 2 rings (SSSR count). The van der Waals surface area contributed by atoms with E-state index in [4.69, 9.17) is 10.2 Å². The summed E-state index contributed by atoms with van der Waals surface area (Å²) in [4.78, 5) is 11.8. The second kappa shape index (κ2) is 4.93. The highest BCUT2D eigenvalue weighted by Crippen LogP contribution is 2.24. The Kier molecular flexibility index (Phi) is 3.54. The maximum atomic E-state index is 11.8. The molecule has 6 heteroatoms. The van der Waals surface area contributed by atoms with Crippen LogP contribution in [0.4, 0.5) is 11.4 Å². The van der Waals surface area contributed by atoms with E-state index in [9.17, 15) is 4.79 Å². The second-order valence-electron chi connectivity index (χ2n) is 3.29. The zero-order valence-corrected chi connectivity index (χ0v) is 11.7. The van der Waals surface area contributed by atoms with Crippen LogP contribution in [-0.4, -0.2) is 5.91 Å². The minimum Gasteiger partial charge on any atom is -0.444 e. The van der Waals surface area contributed by atoms with Crippen molar-refractivity contribution in [3.05, 3.63) is 45.2 Å². The summed E-state index contributed by atoms with van der Waals surface area (Å²) in [5, 5.41) is 2.67. The summed E-state index contributed by atoms with van der Waals surface area (Å²) in [6, 6.07) is 8.46. The van der Waals surface area contributed by atoms with E-state index >= 15 is 0 Å². The van der Waals surface area contributed by atoms with Crippen LogP contribution in [0.1, 0.15) is 10.6 Å². The van der Waals surface area contributed by atoms with Gasteiger partial charge >= 0.3 is 0 Å². The maximum absolute atomic E-state index is 11.8. The first-order valence-corrected chi connectivity index (χ1v) is 6.26. The summed E-state index contributed by atoms with van der Waals surface area (Å²) in [6.07, 6.45) is 0. The maximum Gasteiger partial charge on any atom is 0.291 e. The monoisotopic (exact) mass is 358 g/mol. The topological polar surface area (TPSA) is 68.3 Å². The zero-order valence-electron chi connectivity index (χ0n) is 8.54. The number of benzene rings is 1. The van der Waals surface area contributed by atoms with Gasteiger partial charge in [0.25, 0.3) is 5.91 Å². The Hall–Kier alpha value is -1.27. The summed E-state index contributed by atoms with van der Waals surface area (Å²) in [5.74, 6) is -0.121. The summed E-state index contributed by atoms with van der Waals surface area (Å²) in [6.45, 7) is 0. The molecule has 0 saturated heterocycles. The summed E-state index contributed by atoms with van der Waals surface area (Å²) >= 11 is 6.43. The molecule has 0 fully saturated rings. The molecule has 0 spiro atoms. The number of halogens is 2. The van der Waals surface area contributed by atoms with E-state index in [1.54, 1.807) is 30.3 Å². The molecule has 88 valence electrons. The van der Waals surface area contributed by atoms with E-state index in [0.29, 0.717) is 16.0 Å². The Morgan fingerprint density at radius 3 is 2.59 bits per heavy atom. The minimum atomic E-state index is -0.343. The molecule has 1 aromatic heterocycles. The number of nitrogens with two attached hydrogens (primary N) is 1.